The van der Waals surface area contributed by atoms with Crippen LogP contribution in [-0.4, -0.2) is 25.2 Å². The minimum absolute atomic E-state index is 0.0584. The number of methoxy groups -OCH3 is 2. The molecule has 0 aliphatic carbocycles. The van der Waals surface area contributed by atoms with Crippen molar-refractivity contribution in [3.8, 4) is 17.6 Å². The highest BCUT2D eigenvalue weighted by atomic mass is 16.5. The molecule has 0 heterocycles. The van der Waals surface area contributed by atoms with Crippen LogP contribution in [-0.2, 0) is 16.1 Å². The molecular formula is C18H18N2O4. The van der Waals surface area contributed by atoms with Crippen LogP contribution in [0.3, 0.4) is 0 Å². The molecule has 0 radical (unpaired) electrons. The predicted octanol–water partition coefficient (Wildman–Crippen LogP) is 2.28. The number of ether oxygens (including phenoxy) is 2. The first-order valence-corrected chi connectivity index (χ1v) is 7.25. The zero-order valence-electron chi connectivity index (χ0n) is 13.4. The summed E-state index contributed by atoms with van der Waals surface area (Å²) in [6, 6.07) is 13.7. The number of hydrogen-bond donors (Lipinski definition) is 2. The van der Waals surface area contributed by atoms with Crippen molar-refractivity contribution in [2.75, 3.05) is 14.2 Å². The maximum atomic E-state index is 12.3. The minimum Gasteiger partial charge on any atom is -0.504 e. The molecule has 0 spiro atoms. The second-order valence-electron chi connectivity index (χ2n) is 5.07. The highest BCUT2D eigenvalue weighted by Crippen LogP contribution is 2.30. The van der Waals surface area contributed by atoms with E-state index in [1.165, 1.54) is 20.3 Å². The summed E-state index contributed by atoms with van der Waals surface area (Å²) >= 11 is 0. The van der Waals surface area contributed by atoms with Crippen LogP contribution in [0.2, 0.25) is 0 Å². The summed E-state index contributed by atoms with van der Waals surface area (Å²) in [6.45, 7) is 0.312. The molecule has 24 heavy (non-hydrogen) atoms. The Morgan fingerprint density at radius 3 is 2.50 bits per heavy atom. The van der Waals surface area contributed by atoms with Gasteiger partial charge < -0.3 is 19.9 Å². The van der Waals surface area contributed by atoms with E-state index in [0.29, 0.717) is 23.4 Å². The summed E-state index contributed by atoms with van der Waals surface area (Å²) in [5.41, 5.74) is 1.96. The van der Waals surface area contributed by atoms with Crippen molar-refractivity contribution in [2.24, 2.45) is 0 Å². The Balaban J connectivity index is 2.05. The van der Waals surface area contributed by atoms with Gasteiger partial charge in [0.25, 0.3) is 5.91 Å². The number of rotatable bonds is 6. The quantitative estimate of drug-likeness (QED) is 0.849. The predicted molar refractivity (Wildman–Crippen MR) is 87.4 cm³/mol. The number of amides is 1. The fourth-order valence-electron chi connectivity index (χ4n) is 2.24. The van der Waals surface area contributed by atoms with E-state index in [2.05, 4.69) is 5.32 Å². The summed E-state index contributed by atoms with van der Waals surface area (Å²) in [4.78, 5) is 12.3. The standard InChI is InChI=1S/C18H18N2O4/c1-23-16-8-7-14(9-15(16)21)17(24-2)18(22)20-11-13-5-3-12(10-19)4-6-13/h3-9,17,21H,11H2,1-2H3,(H,20,22)/t17-/m0/s1. The van der Waals surface area contributed by atoms with E-state index in [0.717, 1.165) is 5.56 Å². The maximum Gasteiger partial charge on any atom is 0.254 e. The van der Waals surface area contributed by atoms with E-state index >= 15 is 0 Å². The third kappa shape index (κ3) is 4.03. The van der Waals surface area contributed by atoms with Crippen molar-refractivity contribution in [2.45, 2.75) is 12.6 Å². The van der Waals surface area contributed by atoms with Gasteiger partial charge in [-0.2, -0.15) is 5.26 Å². The summed E-state index contributed by atoms with van der Waals surface area (Å²) < 4.78 is 10.2. The molecule has 0 aliphatic heterocycles. The highest BCUT2D eigenvalue weighted by molar-refractivity contribution is 5.82. The van der Waals surface area contributed by atoms with Crippen LogP contribution in [0.25, 0.3) is 0 Å². The fraction of sp³-hybridized carbons (Fsp3) is 0.222. The normalized spacial score (nSPS) is 11.4. The van der Waals surface area contributed by atoms with Gasteiger partial charge in [0.15, 0.2) is 17.6 Å². The molecule has 2 N–H and O–H groups in total. The molecule has 124 valence electrons. The third-order valence-electron chi connectivity index (χ3n) is 3.53. The number of carbonyl (C=O) groups excluding carboxylic acids is 1. The number of phenolic OH excluding ortho intramolecular Hbond substituents is 1. The Kier molecular flexibility index (Phi) is 5.77. The third-order valence-corrected chi connectivity index (χ3v) is 3.53. The van der Waals surface area contributed by atoms with Crippen molar-refractivity contribution in [1.82, 2.24) is 5.32 Å². The van der Waals surface area contributed by atoms with E-state index in [9.17, 15) is 9.90 Å². The lowest BCUT2D eigenvalue weighted by Crippen LogP contribution is -2.29. The van der Waals surface area contributed by atoms with E-state index in [4.69, 9.17) is 14.7 Å². The SMILES string of the molecule is COc1ccc([C@H](OC)C(=O)NCc2ccc(C#N)cc2)cc1O. The van der Waals surface area contributed by atoms with Gasteiger partial charge in [0.2, 0.25) is 0 Å². The second-order valence-corrected chi connectivity index (χ2v) is 5.07. The smallest absolute Gasteiger partial charge is 0.254 e. The van der Waals surface area contributed by atoms with Crippen molar-refractivity contribution in [3.63, 3.8) is 0 Å². The fourth-order valence-corrected chi connectivity index (χ4v) is 2.24. The first-order valence-electron chi connectivity index (χ1n) is 7.25. The minimum atomic E-state index is -0.847. The lowest BCUT2D eigenvalue weighted by Gasteiger charge is -2.16. The lowest BCUT2D eigenvalue weighted by atomic mass is 10.1. The summed E-state index contributed by atoms with van der Waals surface area (Å²) in [6.07, 6.45) is -0.847. The van der Waals surface area contributed by atoms with Crippen molar-refractivity contribution in [3.05, 3.63) is 59.2 Å². The van der Waals surface area contributed by atoms with Crippen LogP contribution < -0.4 is 10.1 Å². The zero-order chi connectivity index (χ0) is 17.5. The summed E-state index contributed by atoms with van der Waals surface area (Å²) in [7, 11) is 2.88. The van der Waals surface area contributed by atoms with Gasteiger partial charge in [0.1, 0.15) is 0 Å². The highest BCUT2D eigenvalue weighted by Gasteiger charge is 2.21. The van der Waals surface area contributed by atoms with Crippen LogP contribution in [0.15, 0.2) is 42.5 Å². The number of phenols is 1. The van der Waals surface area contributed by atoms with Crippen LogP contribution in [0.1, 0.15) is 22.8 Å². The second kappa shape index (κ2) is 7.99. The molecule has 0 aromatic heterocycles. The molecule has 0 saturated heterocycles. The molecule has 2 aromatic rings. The van der Waals surface area contributed by atoms with Gasteiger partial charge in [0, 0.05) is 13.7 Å². The topological polar surface area (TPSA) is 91.6 Å². The van der Waals surface area contributed by atoms with Gasteiger partial charge in [-0.25, -0.2) is 0 Å². The number of aromatic hydroxyl groups is 1. The van der Waals surface area contributed by atoms with E-state index < -0.39 is 6.10 Å². The van der Waals surface area contributed by atoms with Crippen molar-refractivity contribution < 1.29 is 19.4 Å². The number of carbonyl (C=O) groups is 1. The van der Waals surface area contributed by atoms with Crippen molar-refractivity contribution in [1.29, 1.82) is 5.26 Å². The van der Waals surface area contributed by atoms with Gasteiger partial charge >= 0.3 is 0 Å². The average Bonchev–Trinajstić information content (AvgIpc) is 2.61. The first kappa shape index (κ1) is 17.3. The monoisotopic (exact) mass is 326 g/mol. The van der Waals surface area contributed by atoms with Gasteiger partial charge in [0.05, 0.1) is 18.7 Å². The zero-order valence-corrected chi connectivity index (χ0v) is 13.4. The molecule has 0 aliphatic rings. The molecule has 1 atom stereocenters. The van der Waals surface area contributed by atoms with Gasteiger partial charge in [-0.1, -0.05) is 18.2 Å². The molecule has 0 bridgehead atoms. The maximum absolute atomic E-state index is 12.3. The average molecular weight is 326 g/mol. The molecule has 1 amide bonds. The molecule has 6 nitrogen and oxygen atoms in total. The van der Waals surface area contributed by atoms with E-state index in [1.54, 1.807) is 36.4 Å². The van der Waals surface area contributed by atoms with Crippen LogP contribution in [0, 0.1) is 11.3 Å². The molecule has 6 heteroatoms. The van der Waals surface area contributed by atoms with Gasteiger partial charge in [-0.3, -0.25) is 4.79 Å². The van der Waals surface area contributed by atoms with Gasteiger partial charge in [-0.15, -0.1) is 0 Å². The number of nitrogens with one attached hydrogen (secondary N) is 1. The van der Waals surface area contributed by atoms with E-state index in [1.807, 2.05) is 6.07 Å². The Hall–Kier alpha value is -3.04. The number of benzene rings is 2. The lowest BCUT2D eigenvalue weighted by molar-refractivity contribution is -0.131. The summed E-state index contributed by atoms with van der Waals surface area (Å²) in [5.74, 6) is -0.0602. The Labute approximate surface area is 140 Å². The first-order chi connectivity index (χ1) is 11.6. The van der Waals surface area contributed by atoms with Gasteiger partial charge in [-0.05, 0) is 35.4 Å². The Morgan fingerprint density at radius 1 is 1.25 bits per heavy atom. The molecule has 0 fully saturated rings. The Bertz CT molecular complexity index is 751. The molecule has 2 aromatic carbocycles. The number of nitrogens with zero attached hydrogens (tertiary/aromatic N) is 1. The van der Waals surface area contributed by atoms with Crippen LogP contribution >= 0.6 is 0 Å². The number of hydrogen-bond acceptors (Lipinski definition) is 5. The molecule has 2 rings (SSSR count). The Morgan fingerprint density at radius 2 is 1.96 bits per heavy atom. The van der Waals surface area contributed by atoms with Crippen LogP contribution in [0.4, 0.5) is 0 Å². The largest absolute Gasteiger partial charge is 0.504 e. The molecule has 0 saturated carbocycles. The number of nitriles is 1. The molecule has 0 unspecified atom stereocenters. The summed E-state index contributed by atoms with van der Waals surface area (Å²) in [5, 5.41) is 21.4. The van der Waals surface area contributed by atoms with Crippen LogP contribution in [0.5, 0.6) is 11.5 Å². The molecular weight excluding hydrogens is 308 g/mol. The van der Waals surface area contributed by atoms with E-state index in [-0.39, 0.29) is 11.7 Å². The van der Waals surface area contributed by atoms with Crippen molar-refractivity contribution >= 4 is 5.91 Å².